The minimum atomic E-state index is -0.117. The number of likely N-dealkylation sites (tertiary alicyclic amines) is 1. The fourth-order valence-electron chi connectivity index (χ4n) is 5.91. The molecule has 1 unspecified atom stereocenters. The van der Waals surface area contributed by atoms with Crippen LogP contribution in [0.25, 0.3) is 10.9 Å². The number of halogens is 1. The van der Waals surface area contributed by atoms with Gasteiger partial charge in [-0.2, -0.15) is 5.06 Å². The average molecular weight is 479 g/mol. The molecule has 2 aliphatic heterocycles. The maximum absolute atomic E-state index is 14.4. The monoisotopic (exact) mass is 478 g/mol. The molecule has 2 saturated heterocycles. The lowest BCUT2D eigenvalue weighted by Gasteiger charge is -2.32. The molecule has 35 heavy (non-hydrogen) atoms. The summed E-state index contributed by atoms with van der Waals surface area (Å²) in [4.78, 5) is 8.79. The Morgan fingerprint density at radius 1 is 1.03 bits per heavy atom. The largest absolute Gasteiger partial charge is 0.347 e. The Labute approximate surface area is 208 Å². The van der Waals surface area contributed by atoms with Gasteiger partial charge >= 0.3 is 0 Å². The zero-order valence-electron chi connectivity index (χ0n) is 21.0. The van der Waals surface area contributed by atoms with E-state index in [4.69, 9.17) is 10.6 Å². The molecule has 0 amide bonds. The van der Waals surface area contributed by atoms with Crippen LogP contribution in [0.15, 0.2) is 48.7 Å². The fraction of sp³-hybridized carbons (Fsp3) is 0.517. The maximum Gasteiger partial charge on any atom is 0.126 e. The SMILES string of the molecule is CN1CCCCC1CCn1cc(CON2CCC(c3cc(CN)ccc3F)CC2)c2ccccc21. The quantitative estimate of drug-likeness (QED) is 0.469. The molecule has 0 bridgehead atoms. The molecular formula is C29H39FN4O. The number of nitrogens with two attached hydrogens (primary N) is 1. The van der Waals surface area contributed by atoms with E-state index >= 15 is 0 Å². The van der Waals surface area contributed by atoms with Crippen LogP contribution >= 0.6 is 0 Å². The van der Waals surface area contributed by atoms with Crippen LogP contribution < -0.4 is 5.73 Å². The van der Waals surface area contributed by atoms with Crippen molar-refractivity contribution in [2.75, 3.05) is 26.7 Å². The smallest absolute Gasteiger partial charge is 0.126 e. The number of fused-ring (bicyclic) bond motifs is 1. The summed E-state index contributed by atoms with van der Waals surface area (Å²) in [6.07, 6.45) is 9.24. The van der Waals surface area contributed by atoms with Gasteiger partial charge in [0.2, 0.25) is 0 Å². The van der Waals surface area contributed by atoms with E-state index in [2.05, 4.69) is 52.0 Å². The Bertz CT molecular complexity index is 1120. The molecule has 188 valence electrons. The van der Waals surface area contributed by atoms with E-state index in [-0.39, 0.29) is 11.7 Å². The molecular weight excluding hydrogens is 439 g/mol. The standard InChI is InChI=1S/C29H39FN4O/c1-32-14-5-4-6-25(32)13-15-33-20-24(26-7-2-3-8-29(26)33)21-35-34-16-11-23(12-17-34)27-18-22(19-31)9-10-28(27)30/h2-3,7-10,18,20,23,25H,4-6,11-17,19,21,31H2,1H3. The van der Waals surface area contributed by atoms with Gasteiger partial charge in [0, 0.05) is 54.9 Å². The van der Waals surface area contributed by atoms with E-state index < -0.39 is 0 Å². The molecule has 5 rings (SSSR count). The van der Waals surface area contributed by atoms with Crippen molar-refractivity contribution in [1.82, 2.24) is 14.5 Å². The van der Waals surface area contributed by atoms with E-state index in [0.717, 1.165) is 43.6 Å². The first kappa shape index (κ1) is 24.4. The maximum atomic E-state index is 14.4. The van der Waals surface area contributed by atoms with Crippen molar-refractivity contribution in [3.63, 3.8) is 0 Å². The van der Waals surface area contributed by atoms with Gasteiger partial charge in [0.15, 0.2) is 0 Å². The predicted molar refractivity (Wildman–Crippen MR) is 139 cm³/mol. The van der Waals surface area contributed by atoms with E-state index in [1.54, 1.807) is 12.1 Å². The van der Waals surface area contributed by atoms with Gasteiger partial charge in [-0.3, -0.25) is 4.84 Å². The minimum absolute atomic E-state index is 0.117. The van der Waals surface area contributed by atoms with Crippen molar-refractivity contribution < 1.29 is 9.23 Å². The average Bonchev–Trinajstić information content (AvgIpc) is 3.25. The van der Waals surface area contributed by atoms with Crippen LogP contribution in [0.5, 0.6) is 0 Å². The predicted octanol–water partition coefficient (Wildman–Crippen LogP) is 5.42. The van der Waals surface area contributed by atoms with Crippen LogP contribution in [-0.4, -0.2) is 47.3 Å². The second-order valence-electron chi connectivity index (χ2n) is 10.3. The van der Waals surface area contributed by atoms with Crippen LogP contribution in [0.2, 0.25) is 0 Å². The summed E-state index contributed by atoms with van der Waals surface area (Å²) in [6.45, 7) is 4.89. The van der Waals surface area contributed by atoms with E-state index in [9.17, 15) is 4.39 Å². The number of nitrogens with zero attached hydrogens (tertiary/aromatic N) is 3. The summed E-state index contributed by atoms with van der Waals surface area (Å²) in [6, 6.07) is 14.6. The number of hydroxylamine groups is 2. The number of aromatic nitrogens is 1. The number of para-hydroxylation sites is 1. The summed E-state index contributed by atoms with van der Waals surface area (Å²) in [5.41, 5.74) is 10.1. The summed E-state index contributed by atoms with van der Waals surface area (Å²) in [5, 5.41) is 3.34. The van der Waals surface area contributed by atoms with Crippen LogP contribution in [0, 0.1) is 5.82 Å². The van der Waals surface area contributed by atoms with Gasteiger partial charge < -0.3 is 15.2 Å². The molecule has 2 aliphatic rings. The first-order chi connectivity index (χ1) is 17.1. The number of hydrogen-bond acceptors (Lipinski definition) is 4. The topological polar surface area (TPSA) is 46.7 Å². The van der Waals surface area contributed by atoms with Crippen molar-refractivity contribution in [2.45, 2.75) is 70.2 Å². The third kappa shape index (κ3) is 5.61. The van der Waals surface area contributed by atoms with Crippen LogP contribution in [0.4, 0.5) is 4.39 Å². The number of benzene rings is 2. The van der Waals surface area contributed by atoms with Crippen molar-refractivity contribution in [3.8, 4) is 0 Å². The highest BCUT2D eigenvalue weighted by Gasteiger charge is 2.24. The third-order valence-electron chi connectivity index (χ3n) is 8.09. The lowest BCUT2D eigenvalue weighted by Crippen LogP contribution is -2.36. The van der Waals surface area contributed by atoms with Gasteiger partial charge in [-0.25, -0.2) is 4.39 Å². The Morgan fingerprint density at radius 3 is 2.66 bits per heavy atom. The normalized spacial score (nSPS) is 20.6. The molecule has 3 heterocycles. The van der Waals surface area contributed by atoms with Crippen molar-refractivity contribution in [2.24, 2.45) is 5.73 Å². The molecule has 0 radical (unpaired) electrons. The van der Waals surface area contributed by atoms with E-state index in [1.165, 1.54) is 48.7 Å². The highest BCUT2D eigenvalue weighted by Crippen LogP contribution is 2.31. The Hall–Kier alpha value is -2.25. The number of aryl methyl sites for hydroxylation is 1. The van der Waals surface area contributed by atoms with Gasteiger partial charge in [-0.15, -0.1) is 0 Å². The Kier molecular flexibility index (Phi) is 7.83. The van der Waals surface area contributed by atoms with Crippen LogP contribution in [0.1, 0.15) is 61.1 Å². The molecule has 6 heteroatoms. The van der Waals surface area contributed by atoms with Gasteiger partial charge in [0.25, 0.3) is 0 Å². The molecule has 3 aromatic rings. The summed E-state index contributed by atoms with van der Waals surface area (Å²) < 4.78 is 16.8. The van der Waals surface area contributed by atoms with Gasteiger partial charge in [-0.1, -0.05) is 36.8 Å². The Balaban J connectivity index is 1.19. The van der Waals surface area contributed by atoms with Gasteiger partial charge in [-0.05, 0) is 74.9 Å². The molecule has 5 nitrogen and oxygen atoms in total. The summed E-state index contributed by atoms with van der Waals surface area (Å²) in [7, 11) is 2.27. The second kappa shape index (κ2) is 11.2. The fourth-order valence-corrected chi connectivity index (χ4v) is 5.91. The number of hydrogen-bond donors (Lipinski definition) is 1. The first-order valence-corrected chi connectivity index (χ1v) is 13.3. The van der Waals surface area contributed by atoms with E-state index in [1.807, 2.05) is 6.07 Å². The molecule has 2 fully saturated rings. The molecule has 0 spiro atoms. The van der Waals surface area contributed by atoms with Crippen LogP contribution in [0.3, 0.4) is 0 Å². The molecule has 0 aliphatic carbocycles. The van der Waals surface area contributed by atoms with Crippen molar-refractivity contribution in [3.05, 3.63) is 71.2 Å². The molecule has 2 aromatic carbocycles. The zero-order chi connectivity index (χ0) is 24.2. The summed E-state index contributed by atoms with van der Waals surface area (Å²) >= 11 is 0. The zero-order valence-corrected chi connectivity index (χ0v) is 21.0. The highest BCUT2D eigenvalue weighted by molar-refractivity contribution is 5.83. The van der Waals surface area contributed by atoms with Crippen molar-refractivity contribution >= 4 is 10.9 Å². The highest BCUT2D eigenvalue weighted by atomic mass is 19.1. The summed E-state index contributed by atoms with van der Waals surface area (Å²) in [5.74, 6) is 0.106. The molecule has 0 saturated carbocycles. The van der Waals surface area contributed by atoms with Gasteiger partial charge in [0.05, 0.1) is 6.61 Å². The molecule has 2 N–H and O–H groups in total. The minimum Gasteiger partial charge on any atom is -0.347 e. The van der Waals surface area contributed by atoms with Crippen LogP contribution in [-0.2, 0) is 24.5 Å². The first-order valence-electron chi connectivity index (χ1n) is 13.3. The molecule has 1 atom stereocenters. The van der Waals surface area contributed by atoms with Crippen molar-refractivity contribution in [1.29, 1.82) is 0 Å². The molecule has 1 aromatic heterocycles. The lowest BCUT2D eigenvalue weighted by molar-refractivity contribution is -0.180. The second-order valence-corrected chi connectivity index (χ2v) is 10.3. The van der Waals surface area contributed by atoms with E-state index in [0.29, 0.717) is 19.2 Å². The third-order valence-corrected chi connectivity index (χ3v) is 8.09. The number of piperidine rings is 2. The Morgan fingerprint density at radius 2 is 1.86 bits per heavy atom. The number of rotatable bonds is 8. The van der Waals surface area contributed by atoms with Gasteiger partial charge in [0.1, 0.15) is 5.82 Å². The lowest BCUT2D eigenvalue weighted by atomic mass is 9.89.